The molecule has 1 amide bonds. The summed E-state index contributed by atoms with van der Waals surface area (Å²) in [4.78, 5) is 13.6. The van der Waals surface area contributed by atoms with E-state index in [0.29, 0.717) is 10.9 Å². The van der Waals surface area contributed by atoms with Gasteiger partial charge in [-0.2, -0.15) is 0 Å². The molecule has 1 N–H and O–H groups in total. The maximum atomic E-state index is 13.0. The van der Waals surface area contributed by atoms with Crippen LogP contribution in [0.4, 0.5) is 9.18 Å². The molecule has 1 aliphatic rings. The van der Waals surface area contributed by atoms with Gasteiger partial charge in [0.05, 0.1) is 10.9 Å². The largest absolute Gasteiger partial charge is 0.416 e. The van der Waals surface area contributed by atoms with Crippen LogP contribution < -0.4 is 4.74 Å². The highest BCUT2D eigenvalue weighted by Gasteiger charge is 2.20. The zero-order valence-corrected chi connectivity index (χ0v) is 10.4. The Bertz CT molecular complexity index is 605. The topological polar surface area (TPSA) is 58.2 Å². The van der Waals surface area contributed by atoms with Gasteiger partial charge in [0.25, 0.3) is 5.88 Å². The van der Waals surface area contributed by atoms with E-state index in [-0.39, 0.29) is 11.7 Å². The van der Waals surface area contributed by atoms with Crippen LogP contribution in [0.15, 0.2) is 18.2 Å². The van der Waals surface area contributed by atoms with Gasteiger partial charge in [-0.3, -0.25) is 5.10 Å². The number of hydrogen-bond donors (Lipinski definition) is 1. The molecule has 1 aliphatic heterocycles. The van der Waals surface area contributed by atoms with E-state index in [1.54, 1.807) is 11.0 Å². The number of nitrogens with one attached hydrogen (secondary N) is 1. The van der Waals surface area contributed by atoms with Crippen molar-refractivity contribution in [1.29, 1.82) is 0 Å². The molecule has 0 spiro atoms. The van der Waals surface area contributed by atoms with Gasteiger partial charge >= 0.3 is 6.09 Å². The molecule has 0 atom stereocenters. The molecule has 0 saturated carbocycles. The number of ether oxygens (including phenoxy) is 1. The van der Waals surface area contributed by atoms with Crippen molar-refractivity contribution in [2.75, 3.05) is 13.1 Å². The number of benzene rings is 1. The third-order valence-electron chi connectivity index (χ3n) is 3.29. The quantitative estimate of drug-likeness (QED) is 0.860. The van der Waals surface area contributed by atoms with E-state index >= 15 is 0 Å². The van der Waals surface area contributed by atoms with Gasteiger partial charge in [0.15, 0.2) is 0 Å². The highest BCUT2D eigenvalue weighted by Crippen LogP contribution is 2.24. The van der Waals surface area contributed by atoms with Crippen molar-refractivity contribution in [1.82, 2.24) is 15.1 Å². The van der Waals surface area contributed by atoms with Crippen molar-refractivity contribution in [3.05, 3.63) is 24.0 Å². The molecular weight excluding hydrogens is 249 g/mol. The van der Waals surface area contributed by atoms with E-state index < -0.39 is 6.09 Å². The summed E-state index contributed by atoms with van der Waals surface area (Å²) in [7, 11) is 0. The van der Waals surface area contributed by atoms with Gasteiger partial charge < -0.3 is 9.64 Å². The molecule has 0 aliphatic carbocycles. The second kappa shape index (κ2) is 4.87. The SMILES string of the molecule is O=C(Oc1n[nH]c2cc(F)ccc12)N1CCCCC1. The summed E-state index contributed by atoms with van der Waals surface area (Å²) in [6, 6.07) is 4.18. The standard InChI is InChI=1S/C13H14FN3O2/c14-9-4-5-10-11(8-9)15-16-12(10)19-13(18)17-6-2-1-3-7-17/h4-5,8H,1-3,6-7H2,(H,15,16). The minimum absolute atomic E-state index is 0.200. The van der Waals surface area contributed by atoms with Crippen LogP contribution in [0.2, 0.25) is 0 Å². The van der Waals surface area contributed by atoms with Gasteiger partial charge in [0, 0.05) is 13.1 Å². The fourth-order valence-electron chi connectivity index (χ4n) is 2.27. The number of rotatable bonds is 1. The molecule has 1 fully saturated rings. The van der Waals surface area contributed by atoms with Crippen LogP contribution in [0.1, 0.15) is 19.3 Å². The first-order valence-corrected chi connectivity index (χ1v) is 6.34. The Morgan fingerprint density at radius 1 is 1.32 bits per heavy atom. The average Bonchev–Trinajstić information content (AvgIpc) is 2.82. The number of amides is 1. The van der Waals surface area contributed by atoms with Crippen LogP contribution in [0, 0.1) is 5.82 Å². The Hall–Kier alpha value is -2.11. The predicted octanol–water partition coefficient (Wildman–Crippen LogP) is 2.69. The molecule has 100 valence electrons. The van der Waals surface area contributed by atoms with E-state index in [2.05, 4.69) is 10.2 Å². The maximum Gasteiger partial charge on any atom is 0.416 e. The van der Waals surface area contributed by atoms with Crippen molar-refractivity contribution >= 4 is 17.0 Å². The number of hydrogen-bond acceptors (Lipinski definition) is 3. The Kier molecular flexibility index (Phi) is 3.06. The lowest BCUT2D eigenvalue weighted by Gasteiger charge is -2.25. The van der Waals surface area contributed by atoms with Gasteiger partial charge in [-0.25, -0.2) is 9.18 Å². The van der Waals surface area contributed by atoms with Gasteiger partial charge in [-0.1, -0.05) is 0 Å². The predicted molar refractivity (Wildman–Crippen MR) is 67.5 cm³/mol. The van der Waals surface area contributed by atoms with Crippen LogP contribution in [-0.4, -0.2) is 34.3 Å². The molecular formula is C13H14FN3O2. The second-order valence-electron chi connectivity index (χ2n) is 4.63. The number of nitrogens with zero attached hydrogens (tertiary/aromatic N) is 2. The van der Waals surface area contributed by atoms with Crippen LogP contribution in [0.25, 0.3) is 10.9 Å². The third-order valence-corrected chi connectivity index (χ3v) is 3.29. The highest BCUT2D eigenvalue weighted by atomic mass is 19.1. The molecule has 6 heteroatoms. The molecule has 5 nitrogen and oxygen atoms in total. The summed E-state index contributed by atoms with van der Waals surface area (Å²) in [5.41, 5.74) is 0.515. The molecule has 1 aromatic heterocycles. The first kappa shape index (κ1) is 12.0. The van der Waals surface area contributed by atoms with Crippen molar-refractivity contribution in [2.45, 2.75) is 19.3 Å². The third kappa shape index (κ3) is 2.38. The number of likely N-dealkylation sites (tertiary alicyclic amines) is 1. The lowest BCUT2D eigenvalue weighted by Crippen LogP contribution is -2.37. The highest BCUT2D eigenvalue weighted by molar-refractivity contribution is 5.86. The molecule has 2 heterocycles. The summed E-state index contributed by atoms with van der Waals surface area (Å²) in [6.07, 6.45) is 2.76. The van der Waals surface area contributed by atoms with Crippen molar-refractivity contribution in [3.63, 3.8) is 0 Å². The number of aromatic nitrogens is 2. The second-order valence-corrected chi connectivity index (χ2v) is 4.63. The molecule has 0 bridgehead atoms. The van der Waals surface area contributed by atoms with Gasteiger partial charge in [0.2, 0.25) is 0 Å². The molecule has 1 saturated heterocycles. The Morgan fingerprint density at radius 3 is 2.89 bits per heavy atom. The van der Waals surface area contributed by atoms with E-state index in [0.717, 1.165) is 32.4 Å². The number of H-pyrrole nitrogens is 1. The Balaban J connectivity index is 1.79. The smallest absolute Gasteiger partial charge is 0.389 e. The van der Waals surface area contributed by atoms with Crippen molar-refractivity contribution < 1.29 is 13.9 Å². The fourth-order valence-corrected chi connectivity index (χ4v) is 2.27. The van der Waals surface area contributed by atoms with Crippen LogP contribution in [0.5, 0.6) is 5.88 Å². The van der Waals surface area contributed by atoms with Crippen LogP contribution >= 0.6 is 0 Å². The number of halogens is 1. The zero-order chi connectivity index (χ0) is 13.2. The van der Waals surface area contributed by atoms with Gasteiger partial charge in [0.1, 0.15) is 5.82 Å². The number of piperidine rings is 1. The molecule has 3 rings (SSSR count). The summed E-state index contributed by atoms with van der Waals surface area (Å²) < 4.78 is 18.3. The molecule has 0 unspecified atom stereocenters. The van der Waals surface area contributed by atoms with E-state index in [1.165, 1.54) is 12.1 Å². The molecule has 19 heavy (non-hydrogen) atoms. The zero-order valence-electron chi connectivity index (χ0n) is 10.4. The number of carbonyl (C=O) groups is 1. The van der Waals surface area contributed by atoms with Crippen molar-refractivity contribution in [2.24, 2.45) is 0 Å². The molecule has 2 aromatic rings. The monoisotopic (exact) mass is 263 g/mol. The Labute approximate surface area is 109 Å². The fraction of sp³-hybridized carbons (Fsp3) is 0.385. The minimum Gasteiger partial charge on any atom is -0.389 e. The number of aromatic amines is 1. The summed E-state index contributed by atoms with van der Waals surface area (Å²) in [6.45, 7) is 1.44. The lowest BCUT2D eigenvalue weighted by atomic mass is 10.1. The Morgan fingerprint density at radius 2 is 2.11 bits per heavy atom. The number of carbonyl (C=O) groups excluding carboxylic acids is 1. The summed E-state index contributed by atoms with van der Waals surface area (Å²) >= 11 is 0. The van der Waals surface area contributed by atoms with Gasteiger partial charge in [-0.05, 0) is 37.5 Å². The molecule has 1 aromatic carbocycles. The lowest BCUT2D eigenvalue weighted by molar-refractivity contribution is 0.141. The van der Waals surface area contributed by atoms with Gasteiger partial charge in [-0.15, -0.1) is 5.10 Å². The average molecular weight is 263 g/mol. The summed E-state index contributed by atoms with van der Waals surface area (Å²) in [5, 5.41) is 7.16. The number of fused-ring (bicyclic) bond motifs is 1. The minimum atomic E-state index is -0.391. The van der Waals surface area contributed by atoms with E-state index in [1.807, 2.05) is 0 Å². The normalized spacial score (nSPS) is 15.7. The van der Waals surface area contributed by atoms with Crippen LogP contribution in [0.3, 0.4) is 0 Å². The maximum absolute atomic E-state index is 13.0. The van der Waals surface area contributed by atoms with Crippen molar-refractivity contribution in [3.8, 4) is 5.88 Å². The summed E-state index contributed by atoms with van der Waals surface area (Å²) in [5.74, 6) is -0.157. The first-order chi connectivity index (χ1) is 9.24. The van der Waals surface area contributed by atoms with E-state index in [4.69, 9.17) is 4.74 Å². The molecule has 0 radical (unpaired) electrons. The van der Waals surface area contributed by atoms with Crippen LogP contribution in [-0.2, 0) is 0 Å². The first-order valence-electron chi connectivity index (χ1n) is 6.34. The van der Waals surface area contributed by atoms with E-state index in [9.17, 15) is 9.18 Å².